The van der Waals surface area contributed by atoms with Crippen LogP contribution in [0.4, 0.5) is 4.79 Å². The van der Waals surface area contributed by atoms with Crippen LogP contribution in [0.25, 0.3) is 0 Å². The van der Waals surface area contributed by atoms with Gasteiger partial charge in [0.25, 0.3) is 5.91 Å². The van der Waals surface area contributed by atoms with E-state index >= 15 is 0 Å². The Labute approximate surface area is 188 Å². The van der Waals surface area contributed by atoms with Crippen LogP contribution in [0, 0.1) is 11.3 Å². The van der Waals surface area contributed by atoms with E-state index in [1.54, 1.807) is 47.1 Å². The van der Waals surface area contributed by atoms with E-state index in [-0.39, 0.29) is 17.4 Å². The fraction of sp³-hybridized carbons (Fsp3) is 0.522. The molecule has 1 saturated heterocycles. The van der Waals surface area contributed by atoms with Crippen molar-refractivity contribution in [2.24, 2.45) is 11.3 Å². The lowest BCUT2D eigenvalue weighted by atomic mass is 9.92. The second kappa shape index (κ2) is 10.7. The lowest BCUT2D eigenvalue weighted by molar-refractivity contribution is 0.0949. The summed E-state index contributed by atoms with van der Waals surface area (Å²) < 4.78 is 5.50. The Morgan fingerprint density at radius 3 is 2.55 bits per heavy atom. The topological polar surface area (TPSA) is 87.3 Å². The number of H-pyrrole nitrogens is 1. The summed E-state index contributed by atoms with van der Waals surface area (Å²) in [6, 6.07) is 6.72. The summed E-state index contributed by atoms with van der Waals surface area (Å²) >= 11 is 1.72. The van der Waals surface area contributed by atoms with Crippen LogP contribution >= 0.6 is 11.8 Å². The number of nitrogens with zero attached hydrogens (tertiary/aromatic N) is 2. The average Bonchev–Trinajstić information content (AvgIpc) is 3.26. The van der Waals surface area contributed by atoms with Crippen LogP contribution in [-0.2, 0) is 0 Å². The predicted molar refractivity (Wildman–Crippen MR) is 122 cm³/mol. The first kappa shape index (κ1) is 23.2. The number of hydrogen-bond acceptors (Lipinski definition) is 5. The van der Waals surface area contributed by atoms with Crippen molar-refractivity contribution in [3.8, 4) is 5.75 Å². The standard InChI is InChI=1S/C23H32N4O3S/c1-23(2,3)10-11-24-20(28)18-4-6-19(7-5-18)30-22(29)27-14-8-17(9-15-27)16-31-21-25-12-13-26-21/h4-7,12-13,17H,8-11,14-16H2,1-3H3,(H,24,28)(H,25,26). The van der Waals surface area contributed by atoms with Crippen molar-refractivity contribution in [1.29, 1.82) is 0 Å². The molecule has 1 fully saturated rings. The van der Waals surface area contributed by atoms with Crippen LogP contribution in [0.5, 0.6) is 5.75 Å². The maximum absolute atomic E-state index is 12.5. The first-order valence-electron chi connectivity index (χ1n) is 10.8. The molecule has 0 aliphatic carbocycles. The number of imidazole rings is 1. The van der Waals surface area contributed by atoms with Crippen molar-refractivity contribution >= 4 is 23.8 Å². The van der Waals surface area contributed by atoms with Crippen molar-refractivity contribution in [3.05, 3.63) is 42.2 Å². The van der Waals surface area contributed by atoms with Crippen LogP contribution in [0.15, 0.2) is 41.8 Å². The van der Waals surface area contributed by atoms with Gasteiger partial charge in [0.15, 0.2) is 5.16 Å². The molecule has 0 unspecified atom stereocenters. The summed E-state index contributed by atoms with van der Waals surface area (Å²) in [7, 11) is 0. The number of hydrogen-bond donors (Lipinski definition) is 2. The molecule has 7 nitrogen and oxygen atoms in total. The van der Waals surface area contributed by atoms with Gasteiger partial charge in [0.2, 0.25) is 0 Å². The fourth-order valence-electron chi connectivity index (χ4n) is 3.30. The molecule has 168 valence electrons. The molecule has 0 spiro atoms. The second-order valence-electron chi connectivity index (χ2n) is 9.09. The average molecular weight is 445 g/mol. The van der Waals surface area contributed by atoms with Crippen molar-refractivity contribution in [1.82, 2.24) is 20.2 Å². The quantitative estimate of drug-likeness (QED) is 0.611. The third kappa shape index (κ3) is 7.61. The van der Waals surface area contributed by atoms with Gasteiger partial charge in [-0.05, 0) is 54.9 Å². The first-order chi connectivity index (χ1) is 14.8. The van der Waals surface area contributed by atoms with Gasteiger partial charge in [-0.15, -0.1) is 0 Å². The highest BCUT2D eigenvalue weighted by molar-refractivity contribution is 7.99. The van der Waals surface area contributed by atoms with Crippen LogP contribution in [0.2, 0.25) is 0 Å². The molecule has 1 aromatic heterocycles. The summed E-state index contributed by atoms with van der Waals surface area (Å²) in [5, 5.41) is 3.87. The molecule has 0 bridgehead atoms. The van der Waals surface area contributed by atoms with Crippen molar-refractivity contribution in [2.45, 2.75) is 45.2 Å². The van der Waals surface area contributed by atoms with Gasteiger partial charge < -0.3 is 19.9 Å². The maximum Gasteiger partial charge on any atom is 0.415 e. The Hall–Kier alpha value is -2.48. The zero-order valence-corrected chi connectivity index (χ0v) is 19.3. The van der Waals surface area contributed by atoms with Crippen LogP contribution in [0.3, 0.4) is 0 Å². The SMILES string of the molecule is CC(C)(C)CCNC(=O)c1ccc(OC(=O)N2CCC(CSc3ncc[nH]3)CC2)cc1. The number of nitrogens with one attached hydrogen (secondary N) is 2. The van der Waals surface area contributed by atoms with Crippen molar-refractivity contribution in [2.75, 3.05) is 25.4 Å². The van der Waals surface area contributed by atoms with Gasteiger partial charge in [-0.25, -0.2) is 9.78 Å². The third-order valence-corrected chi connectivity index (χ3v) is 6.42. The number of aromatic nitrogens is 2. The zero-order valence-electron chi connectivity index (χ0n) is 18.5. The number of aromatic amines is 1. The summed E-state index contributed by atoms with van der Waals surface area (Å²) in [6.45, 7) is 8.45. The van der Waals surface area contributed by atoms with E-state index in [1.165, 1.54) is 0 Å². The van der Waals surface area contributed by atoms with E-state index in [0.29, 0.717) is 36.9 Å². The van der Waals surface area contributed by atoms with E-state index in [2.05, 4.69) is 36.1 Å². The van der Waals surface area contributed by atoms with Gasteiger partial charge in [0.1, 0.15) is 5.75 Å². The molecule has 0 saturated carbocycles. The van der Waals surface area contributed by atoms with Crippen LogP contribution < -0.4 is 10.1 Å². The highest BCUT2D eigenvalue weighted by atomic mass is 32.2. The number of likely N-dealkylation sites (tertiary alicyclic amines) is 1. The molecule has 8 heteroatoms. The Kier molecular flexibility index (Phi) is 8.01. The summed E-state index contributed by atoms with van der Waals surface area (Å²) in [4.78, 5) is 33.8. The normalized spacial score (nSPS) is 15.0. The second-order valence-corrected chi connectivity index (χ2v) is 10.1. The molecule has 2 amide bonds. The zero-order chi connectivity index (χ0) is 22.3. The molecule has 2 N–H and O–H groups in total. The molecule has 1 aliphatic rings. The molecule has 2 aromatic rings. The third-order valence-electron chi connectivity index (χ3n) is 5.28. The number of carbonyl (C=O) groups is 2. The van der Waals surface area contributed by atoms with Gasteiger partial charge in [0.05, 0.1) is 0 Å². The molecule has 3 rings (SSSR count). The van der Waals surface area contributed by atoms with Gasteiger partial charge >= 0.3 is 6.09 Å². The number of piperidine rings is 1. The molecule has 2 heterocycles. The van der Waals surface area contributed by atoms with E-state index in [9.17, 15) is 9.59 Å². The first-order valence-corrected chi connectivity index (χ1v) is 11.8. The molecular formula is C23H32N4O3S. The highest BCUT2D eigenvalue weighted by Gasteiger charge is 2.24. The van der Waals surface area contributed by atoms with Crippen LogP contribution in [-0.4, -0.2) is 52.3 Å². The highest BCUT2D eigenvalue weighted by Crippen LogP contribution is 2.25. The Morgan fingerprint density at radius 1 is 1.23 bits per heavy atom. The molecule has 31 heavy (non-hydrogen) atoms. The van der Waals surface area contributed by atoms with Gasteiger partial charge in [-0.1, -0.05) is 32.5 Å². The monoisotopic (exact) mass is 444 g/mol. The minimum absolute atomic E-state index is 0.114. The molecular weight excluding hydrogens is 412 g/mol. The Morgan fingerprint density at radius 2 is 1.94 bits per heavy atom. The van der Waals surface area contributed by atoms with E-state index in [1.807, 2.05) is 6.20 Å². The summed E-state index contributed by atoms with van der Waals surface area (Å²) in [5.74, 6) is 1.90. The van der Waals surface area contributed by atoms with Crippen molar-refractivity contribution < 1.29 is 14.3 Å². The minimum Gasteiger partial charge on any atom is -0.410 e. The number of benzene rings is 1. The smallest absolute Gasteiger partial charge is 0.410 e. The summed E-state index contributed by atoms with van der Waals surface area (Å²) in [6.07, 6.45) is 6.07. The van der Waals surface area contributed by atoms with Crippen molar-refractivity contribution in [3.63, 3.8) is 0 Å². The number of thioether (sulfide) groups is 1. The Balaban J connectivity index is 1.40. The van der Waals surface area contributed by atoms with E-state index in [0.717, 1.165) is 30.2 Å². The number of rotatable bonds is 7. The maximum atomic E-state index is 12.5. The van der Waals surface area contributed by atoms with Gasteiger partial charge in [-0.2, -0.15) is 0 Å². The molecule has 0 atom stereocenters. The number of ether oxygens (including phenoxy) is 1. The fourth-order valence-corrected chi connectivity index (χ4v) is 4.32. The summed E-state index contributed by atoms with van der Waals surface area (Å²) in [5.41, 5.74) is 0.738. The lowest BCUT2D eigenvalue weighted by Crippen LogP contribution is -2.40. The Bertz CT molecular complexity index is 839. The van der Waals surface area contributed by atoms with E-state index in [4.69, 9.17) is 4.74 Å². The van der Waals surface area contributed by atoms with E-state index < -0.39 is 0 Å². The van der Waals surface area contributed by atoms with Gasteiger partial charge in [-0.3, -0.25) is 4.79 Å². The lowest BCUT2D eigenvalue weighted by Gasteiger charge is -2.30. The molecule has 1 aliphatic heterocycles. The minimum atomic E-state index is -0.334. The number of amides is 2. The molecule has 1 aromatic carbocycles. The predicted octanol–water partition coefficient (Wildman–Crippen LogP) is 4.58. The van der Waals surface area contributed by atoms with Crippen LogP contribution in [0.1, 0.15) is 50.4 Å². The largest absolute Gasteiger partial charge is 0.415 e. The molecule has 0 radical (unpaired) electrons. The number of carbonyl (C=O) groups excluding carboxylic acids is 2. The van der Waals surface area contributed by atoms with Gasteiger partial charge in [0, 0.05) is 43.3 Å².